The second-order valence-electron chi connectivity index (χ2n) is 1.86. The van der Waals surface area contributed by atoms with Gasteiger partial charge >= 0.3 is 0 Å². The monoisotopic (exact) mass is 139 g/mol. The Morgan fingerprint density at radius 2 is 2.00 bits per heavy atom. The summed E-state index contributed by atoms with van der Waals surface area (Å²) in [6, 6.07) is 0. The predicted octanol–water partition coefficient (Wildman–Crippen LogP) is 1.87. The topological polar surface area (TPSA) is 46.2 Å². The summed E-state index contributed by atoms with van der Waals surface area (Å²) in [5.74, 6) is 0.179. The lowest BCUT2D eigenvalue weighted by atomic mass is 10.3. The van der Waals surface area contributed by atoms with Crippen LogP contribution in [0.5, 0.6) is 0 Å². The molecule has 0 aromatic carbocycles. The number of hydrogen-bond acceptors (Lipinski definition) is 2. The van der Waals surface area contributed by atoms with Gasteiger partial charge in [-0.25, -0.2) is 0 Å². The van der Waals surface area contributed by atoms with E-state index in [1.807, 2.05) is 13.8 Å². The quantitative estimate of drug-likeness (QED) is 0.453. The molecule has 0 amide bonds. The van der Waals surface area contributed by atoms with E-state index in [-0.39, 0.29) is 5.76 Å². The summed E-state index contributed by atoms with van der Waals surface area (Å²) >= 11 is 0. The van der Waals surface area contributed by atoms with Crippen LogP contribution in [0.4, 0.5) is 0 Å². The normalized spacial score (nSPS) is 14.6. The van der Waals surface area contributed by atoms with Gasteiger partial charge in [-0.05, 0) is 19.9 Å². The van der Waals surface area contributed by atoms with Crippen LogP contribution in [0.25, 0.3) is 0 Å². The Balaban J connectivity index is 4.16. The Labute approximate surface area is 61.4 Å². The molecule has 10 heavy (non-hydrogen) atoms. The average Bonchev–Trinajstić information content (AvgIpc) is 1.88. The highest BCUT2D eigenvalue weighted by Gasteiger charge is 1.84. The molecule has 0 bridgehead atoms. The summed E-state index contributed by atoms with van der Waals surface area (Å²) < 4.78 is 0. The third kappa shape index (κ3) is 3.78. The second-order valence-corrected chi connectivity index (χ2v) is 1.86. The lowest BCUT2D eigenvalue weighted by Crippen LogP contribution is -1.92. The van der Waals surface area contributed by atoms with E-state index in [1.54, 1.807) is 18.2 Å². The molecular formula is C8H13NO. The highest BCUT2D eigenvalue weighted by molar-refractivity contribution is 5.22. The molecule has 2 nitrogen and oxygen atoms in total. The molecule has 0 aliphatic heterocycles. The van der Waals surface area contributed by atoms with Crippen molar-refractivity contribution in [3.8, 4) is 0 Å². The summed E-state index contributed by atoms with van der Waals surface area (Å²) in [6.07, 6.45) is 6.55. The van der Waals surface area contributed by atoms with E-state index in [0.717, 1.165) is 0 Å². The van der Waals surface area contributed by atoms with Gasteiger partial charge in [-0.15, -0.1) is 0 Å². The largest absolute Gasteiger partial charge is 0.508 e. The maximum absolute atomic E-state index is 9.00. The van der Waals surface area contributed by atoms with Crippen LogP contribution in [0.15, 0.2) is 35.8 Å². The molecule has 0 spiro atoms. The maximum atomic E-state index is 9.00. The van der Waals surface area contributed by atoms with Crippen molar-refractivity contribution in [1.82, 2.24) is 0 Å². The molecule has 0 heterocycles. The minimum absolute atomic E-state index is 0.179. The average molecular weight is 139 g/mol. The molecule has 2 heteroatoms. The Morgan fingerprint density at radius 3 is 2.40 bits per heavy atom. The van der Waals surface area contributed by atoms with Gasteiger partial charge in [0.05, 0.1) is 0 Å². The molecule has 56 valence electrons. The molecule has 0 rings (SSSR count). The smallest absolute Gasteiger partial charge is 0.117 e. The number of rotatable bonds is 2. The molecule has 0 aromatic heterocycles. The first-order chi connectivity index (χ1) is 4.70. The zero-order chi connectivity index (χ0) is 7.98. The first-order valence-corrected chi connectivity index (χ1v) is 3.16. The van der Waals surface area contributed by atoms with Crippen LogP contribution >= 0.6 is 0 Å². The minimum atomic E-state index is 0.179. The van der Waals surface area contributed by atoms with Crippen LogP contribution in [0.1, 0.15) is 13.8 Å². The molecule has 0 unspecified atom stereocenters. The highest BCUT2D eigenvalue weighted by atomic mass is 16.3. The fourth-order valence-electron chi connectivity index (χ4n) is 0.473. The van der Waals surface area contributed by atoms with Crippen molar-refractivity contribution >= 4 is 0 Å². The van der Waals surface area contributed by atoms with Gasteiger partial charge in [-0.1, -0.05) is 12.2 Å². The van der Waals surface area contributed by atoms with Gasteiger partial charge in [-0.2, -0.15) is 0 Å². The van der Waals surface area contributed by atoms with Crippen molar-refractivity contribution < 1.29 is 5.11 Å². The Morgan fingerprint density at radius 1 is 1.40 bits per heavy atom. The van der Waals surface area contributed by atoms with E-state index in [9.17, 15) is 0 Å². The zero-order valence-corrected chi connectivity index (χ0v) is 6.33. The van der Waals surface area contributed by atoms with Gasteiger partial charge in [-0.3, -0.25) is 0 Å². The lowest BCUT2D eigenvalue weighted by Gasteiger charge is -1.90. The Bertz CT molecular complexity index is 178. The third-order valence-corrected chi connectivity index (χ3v) is 0.985. The summed E-state index contributed by atoms with van der Waals surface area (Å²) in [4.78, 5) is 0. The van der Waals surface area contributed by atoms with Gasteiger partial charge in [0, 0.05) is 11.8 Å². The van der Waals surface area contributed by atoms with Crippen LogP contribution in [-0.4, -0.2) is 5.11 Å². The molecular weight excluding hydrogens is 126 g/mol. The number of allylic oxidation sites excluding steroid dienone is 4. The number of hydrogen-bond donors (Lipinski definition) is 2. The van der Waals surface area contributed by atoms with Crippen LogP contribution in [-0.2, 0) is 0 Å². The van der Waals surface area contributed by atoms with E-state index < -0.39 is 0 Å². The van der Waals surface area contributed by atoms with Gasteiger partial charge in [0.2, 0.25) is 0 Å². The highest BCUT2D eigenvalue weighted by Crippen LogP contribution is 1.94. The fourth-order valence-corrected chi connectivity index (χ4v) is 0.473. The third-order valence-electron chi connectivity index (χ3n) is 0.985. The van der Waals surface area contributed by atoms with Crippen molar-refractivity contribution in [1.29, 1.82) is 0 Å². The van der Waals surface area contributed by atoms with Crippen molar-refractivity contribution in [2.24, 2.45) is 5.73 Å². The van der Waals surface area contributed by atoms with Crippen LogP contribution < -0.4 is 5.73 Å². The van der Waals surface area contributed by atoms with E-state index in [4.69, 9.17) is 10.8 Å². The van der Waals surface area contributed by atoms with Crippen molar-refractivity contribution in [2.45, 2.75) is 13.8 Å². The molecule has 3 N–H and O–H groups in total. The summed E-state index contributed by atoms with van der Waals surface area (Å²) in [6.45, 7) is 3.64. The molecule has 0 atom stereocenters. The maximum Gasteiger partial charge on any atom is 0.117 e. The minimum Gasteiger partial charge on any atom is -0.508 e. The molecule has 0 aromatic rings. The van der Waals surface area contributed by atoms with Gasteiger partial charge < -0.3 is 10.8 Å². The lowest BCUT2D eigenvalue weighted by molar-refractivity contribution is 0.432. The number of aliphatic hydroxyl groups excluding tert-OH is 1. The Hall–Kier alpha value is -1.18. The summed E-state index contributed by atoms with van der Waals surface area (Å²) in [5.41, 5.74) is 5.96. The van der Waals surface area contributed by atoms with E-state index >= 15 is 0 Å². The number of aliphatic hydroxyl groups is 1. The first kappa shape index (κ1) is 8.82. The van der Waals surface area contributed by atoms with E-state index in [2.05, 4.69) is 0 Å². The van der Waals surface area contributed by atoms with E-state index in [0.29, 0.717) is 5.70 Å². The van der Waals surface area contributed by atoms with Crippen molar-refractivity contribution in [2.75, 3.05) is 0 Å². The van der Waals surface area contributed by atoms with E-state index in [1.165, 1.54) is 6.08 Å². The van der Waals surface area contributed by atoms with Gasteiger partial charge in [0.15, 0.2) is 0 Å². The standard InChI is InChI=1S/C8H13NO/c1-3-5-8(10)6-7(9)4-2/h3-6,10H,9H2,1-2H3/b5-3-,7-4+,8-6+. The SMILES string of the molecule is C\C=C/C(O)=C\C(N)=C/C. The molecule has 0 aliphatic carbocycles. The summed E-state index contributed by atoms with van der Waals surface area (Å²) in [7, 11) is 0. The predicted molar refractivity (Wildman–Crippen MR) is 43.5 cm³/mol. The van der Waals surface area contributed by atoms with Crippen molar-refractivity contribution in [3.63, 3.8) is 0 Å². The summed E-state index contributed by atoms with van der Waals surface area (Å²) in [5, 5.41) is 9.00. The van der Waals surface area contributed by atoms with Crippen LogP contribution in [0, 0.1) is 0 Å². The van der Waals surface area contributed by atoms with Gasteiger partial charge in [0.1, 0.15) is 5.76 Å². The Kier molecular flexibility index (Phi) is 4.12. The molecule has 0 saturated carbocycles. The first-order valence-electron chi connectivity index (χ1n) is 3.16. The molecule has 0 aliphatic rings. The van der Waals surface area contributed by atoms with Gasteiger partial charge in [0.25, 0.3) is 0 Å². The zero-order valence-electron chi connectivity index (χ0n) is 6.33. The fraction of sp³-hybridized carbons (Fsp3) is 0.250. The van der Waals surface area contributed by atoms with Crippen LogP contribution in [0.2, 0.25) is 0 Å². The van der Waals surface area contributed by atoms with Crippen LogP contribution in [0.3, 0.4) is 0 Å². The number of nitrogens with two attached hydrogens (primary N) is 1. The molecule has 0 fully saturated rings. The second kappa shape index (κ2) is 4.68. The molecule has 0 radical (unpaired) electrons. The molecule has 0 saturated heterocycles. The van der Waals surface area contributed by atoms with Crippen molar-refractivity contribution in [3.05, 3.63) is 35.8 Å².